The number of hydrogen-bond acceptors (Lipinski definition) is 4. The fourth-order valence-corrected chi connectivity index (χ4v) is 2.94. The van der Waals surface area contributed by atoms with Crippen molar-refractivity contribution in [3.05, 3.63) is 75.5 Å². The highest BCUT2D eigenvalue weighted by Crippen LogP contribution is 2.31. The minimum Gasteiger partial charge on any atom is -0.388 e. The van der Waals surface area contributed by atoms with E-state index < -0.39 is 6.10 Å². The van der Waals surface area contributed by atoms with Crippen LogP contribution in [-0.2, 0) is 6.42 Å². The van der Waals surface area contributed by atoms with Gasteiger partial charge in [0.15, 0.2) is 5.76 Å². The first-order valence-corrected chi connectivity index (χ1v) is 8.66. The van der Waals surface area contributed by atoms with Gasteiger partial charge in [0.05, 0.1) is 16.1 Å². The second-order valence-corrected chi connectivity index (χ2v) is 6.48. The largest absolute Gasteiger partial charge is 0.388 e. The molecule has 1 atom stereocenters. The Balaban J connectivity index is 1.96. The molecular weight excluding hydrogens is 375 g/mol. The van der Waals surface area contributed by atoms with E-state index in [2.05, 4.69) is 10.5 Å². The SMILES string of the molecule is CNC(=O)c1c(-c2ccccc2)noc1CC(O)c1ccc(Cl)c(Cl)c1. The normalized spacial score (nSPS) is 12.0. The first-order chi connectivity index (χ1) is 12.5. The molecule has 2 N–H and O–H groups in total. The Morgan fingerprint density at radius 2 is 1.92 bits per heavy atom. The predicted molar refractivity (Wildman–Crippen MR) is 100 cm³/mol. The number of amides is 1. The molecule has 2 aromatic carbocycles. The number of carbonyl (C=O) groups is 1. The molecule has 26 heavy (non-hydrogen) atoms. The van der Waals surface area contributed by atoms with E-state index in [1.807, 2.05) is 30.3 Å². The molecule has 0 saturated carbocycles. The lowest BCUT2D eigenvalue weighted by molar-refractivity contribution is 0.0959. The van der Waals surface area contributed by atoms with Gasteiger partial charge in [-0.2, -0.15) is 0 Å². The molecule has 7 heteroatoms. The maximum absolute atomic E-state index is 12.4. The molecule has 1 aromatic heterocycles. The molecule has 1 unspecified atom stereocenters. The van der Waals surface area contributed by atoms with E-state index in [-0.39, 0.29) is 12.3 Å². The topological polar surface area (TPSA) is 75.4 Å². The number of nitrogens with one attached hydrogen (secondary N) is 1. The summed E-state index contributed by atoms with van der Waals surface area (Å²) in [6.07, 6.45) is -0.856. The summed E-state index contributed by atoms with van der Waals surface area (Å²) >= 11 is 11.9. The third kappa shape index (κ3) is 3.75. The Morgan fingerprint density at radius 3 is 2.58 bits per heavy atom. The number of halogens is 2. The van der Waals surface area contributed by atoms with Crippen molar-refractivity contribution in [2.45, 2.75) is 12.5 Å². The van der Waals surface area contributed by atoms with Crippen LogP contribution in [0.25, 0.3) is 11.3 Å². The number of carbonyl (C=O) groups excluding carboxylic acids is 1. The summed E-state index contributed by atoms with van der Waals surface area (Å²) in [6, 6.07) is 14.1. The molecule has 0 bridgehead atoms. The van der Waals surface area contributed by atoms with Crippen LogP contribution in [0, 0.1) is 0 Å². The second-order valence-electron chi connectivity index (χ2n) is 5.67. The zero-order valence-electron chi connectivity index (χ0n) is 13.9. The Morgan fingerprint density at radius 1 is 1.19 bits per heavy atom. The van der Waals surface area contributed by atoms with Gasteiger partial charge in [-0.1, -0.05) is 64.8 Å². The lowest BCUT2D eigenvalue weighted by atomic mass is 10.00. The fourth-order valence-electron chi connectivity index (χ4n) is 2.63. The highest BCUT2D eigenvalue weighted by molar-refractivity contribution is 6.42. The average Bonchev–Trinajstić information content (AvgIpc) is 3.07. The quantitative estimate of drug-likeness (QED) is 0.681. The van der Waals surface area contributed by atoms with Crippen molar-refractivity contribution in [1.29, 1.82) is 0 Å². The van der Waals surface area contributed by atoms with Gasteiger partial charge >= 0.3 is 0 Å². The first kappa shape index (κ1) is 18.5. The van der Waals surface area contributed by atoms with Crippen LogP contribution in [0.4, 0.5) is 0 Å². The van der Waals surface area contributed by atoms with Crippen molar-refractivity contribution >= 4 is 29.1 Å². The van der Waals surface area contributed by atoms with E-state index in [1.165, 1.54) is 7.05 Å². The Hall–Kier alpha value is -2.34. The van der Waals surface area contributed by atoms with Crippen LogP contribution >= 0.6 is 23.2 Å². The summed E-state index contributed by atoms with van der Waals surface area (Å²) in [4.78, 5) is 12.4. The molecule has 0 radical (unpaired) electrons. The maximum Gasteiger partial charge on any atom is 0.256 e. The molecule has 3 aromatic rings. The zero-order valence-corrected chi connectivity index (χ0v) is 15.4. The molecular formula is C19H16Cl2N2O3. The van der Waals surface area contributed by atoms with E-state index in [1.54, 1.807) is 18.2 Å². The van der Waals surface area contributed by atoms with Crippen LogP contribution in [0.15, 0.2) is 53.1 Å². The number of rotatable bonds is 5. The lowest BCUT2D eigenvalue weighted by Gasteiger charge is -2.11. The minimum absolute atomic E-state index is 0.0700. The summed E-state index contributed by atoms with van der Waals surface area (Å²) in [7, 11) is 1.53. The van der Waals surface area contributed by atoms with Gasteiger partial charge in [0.25, 0.3) is 5.91 Å². The van der Waals surface area contributed by atoms with Crippen LogP contribution in [0.1, 0.15) is 27.8 Å². The van der Waals surface area contributed by atoms with E-state index >= 15 is 0 Å². The average molecular weight is 391 g/mol. The monoisotopic (exact) mass is 390 g/mol. The summed E-state index contributed by atoms with van der Waals surface area (Å²) in [5.74, 6) is -0.0387. The third-order valence-corrected chi connectivity index (χ3v) is 4.71. The molecule has 0 aliphatic heterocycles. The molecule has 0 spiro atoms. The van der Waals surface area contributed by atoms with Crippen molar-refractivity contribution in [2.24, 2.45) is 0 Å². The van der Waals surface area contributed by atoms with Crippen molar-refractivity contribution in [3.8, 4) is 11.3 Å². The molecule has 0 aliphatic carbocycles. The molecule has 1 heterocycles. The fraction of sp³-hybridized carbons (Fsp3) is 0.158. The number of nitrogens with zero attached hydrogens (tertiary/aromatic N) is 1. The van der Waals surface area contributed by atoms with Crippen molar-refractivity contribution in [2.75, 3.05) is 7.05 Å². The zero-order chi connectivity index (χ0) is 18.7. The summed E-state index contributed by atoms with van der Waals surface area (Å²) in [5.41, 5.74) is 2.06. The lowest BCUT2D eigenvalue weighted by Crippen LogP contribution is -2.20. The van der Waals surface area contributed by atoms with Crippen LogP contribution in [0.3, 0.4) is 0 Å². The summed E-state index contributed by atoms with van der Waals surface area (Å²) < 4.78 is 5.39. The van der Waals surface area contributed by atoms with Gasteiger partial charge in [-0.15, -0.1) is 0 Å². The molecule has 3 rings (SSSR count). The van der Waals surface area contributed by atoms with Crippen LogP contribution in [0.5, 0.6) is 0 Å². The van der Waals surface area contributed by atoms with Crippen molar-refractivity contribution in [3.63, 3.8) is 0 Å². The first-order valence-electron chi connectivity index (χ1n) is 7.90. The van der Waals surface area contributed by atoms with Gasteiger partial charge in [0.2, 0.25) is 0 Å². The number of benzene rings is 2. The van der Waals surface area contributed by atoms with Gasteiger partial charge in [0, 0.05) is 19.0 Å². The minimum atomic E-state index is -0.926. The van der Waals surface area contributed by atoms with E-state index in [0.717, 1.165) is 5.56 Å². The van der Waals surface area contributed by atoms with Crippen LogP contribution in [-0.4, -0.2) is 23.2 Å². The maximum atomic E-state index is 12.4. The van der Waals surface area contributed by atoms with Gasteiger partial charge < -0.3 is 14.9 Å². The third-order valence-electron chi connectivity index (χ3n) is 3.97. The molecule has 1 amide bonds. The van der Waals surface area contributed by atoms with Crippen molar-refractivity contribution in [1.82, 2.24) is 10.5 Å². The number of aliphatic hydroxyl groups is 1. The Kier molecular flexibility index (Phi) is 5.61. The standard InChI is InChI=1S/C19H16Cl2N2O3/c1-22-19(25)17-16(26-23-18(17)11-5-3-2-4-6-11)10-15(24)12-7-8-13(20)14(21)9-12/h2-9,15,24H,10H2,1H3,(H,22,25). The number of aromatic nitrogens is 1. The van der Waals surface area contributed by atoms with Gasteiger partial charge in [0.1, 0.15) is 11.3 Å². The van der Waals surface area contributed by atoms with Crippen LogP contribution in [0.2, 0.25) is 10.0 Å². The predicted octanol–water partition coefficient (Wildman–Crippen LogP) is 4.28. The summed E-state index contributed by atoms with van der Waals surface area (Å²) in [5, 5.41) is 17.9. The van der Waals surface area contributed by atoms with Gasteiger partial charge in [-0.3, -0.25) is 4.79 Å². The molecule has 0 saturated heterocycles. The Labute approximate surface area is 160 Å². The smallest absolute Gasteiger partial charge is 0.256 e. The molecule has 0 fully saturated rings. The molecule has 0 aliphatic rings. The van der Waals surface area contributed by atoms with E-state index in [0.29, 0.717) is 32.6 Å². The van der Waals surface area contributed by atoms with E-state index in [9.17, 15) is 9.90 Å². The van der Waals surface area contributed by atoms with Crippen LogP contribution < -0.4 is 5.32 Å². The number of hydrogen-bond donors (Lipinski definition) is 2. The Bertz CT molecular complexity index is 926. The van der Waals surface area contributed by atoms with E-state index in [4.69, 9.17) is 27.7 Å². The number of aliphatic hydroxyl groups excluding tert-OH is 1. The summed E-state index contributed by atoms with van der Waals surface area (Å²) in [6.45, 7) is 0. The second kappa shape index (κ2) is 7.91. The molecule has 134 valence electrons. The van der Waals surface area contributed by atoms with Crippen molar-refractivity contribution < 1.29 is 14.4 Å². The highest BCUT2D eigenvalue weighted by Gasteiger charge is 2.25. The highest BCUT2D eigenvalue weighted by atomic mass is 35.5. The molecule has 5 nitrogen and oxygen atoms in total. The van der Waals surface area contributed by atoms with Gasteiger partial charge in [-0.05, 0) is 17.7 Å². The van der Waals surface area contributed by atoms with Gasteiger partial charge in [-0.25, -0.2) is 0 Å².